The number of aromatic amines is 1. The molecule has 5 heteroatoms. The SMILES string of the molecule is N=Cc1cc(-c2nc3ccc4[nH]c(-c5ccncc5)cc4c3c3c2CCCC3)ccc1N. The second-order valence-corrected chi connectivity index (χ2v) is 8.45. The number of rotatable bonds is 3. The zero-order valence-corrected chi connectivity index (χ0v) is 17.7. The molecule has 0 amide bonds. The van der Waals surface area contributed by atoms with Crippen molar-refractivity contribution in [3.63, 3.8) is 0 Å². The molecule has 0 radical (unpaired) electrons. The lowest BCUT2D eigenvalue weighted by molar-refractivity contribution is 0.689. The highest BCUT2D eigenvalue weighted by molar-refractivity contribution is 6.10. The fraction of sp³-hybridized carbons (Fsp3) is 0.148. The summed E-state index contributed by atoms with van der Waals surface area (Å²) in [5.74, 6) is 0. The van der Waals surface area contributed by atoms with Crippen molar-refractivity contribution in [3.8, 4) is 22.5 Å². The third-order valence-corrected chi connectivity index (χ3v) is 6.58. The number of nitrogens with zero attached hydrogens (tertiary/aromatic N) is 2. The first-order chi connectivity index (χ1) is 15.7. The van der Waals surface area contributed by atoms with Crippen LogP contribution in [0.1, 0.15) is 29.5 Å². The van der Waals surface area contributed by atoms with Crippen molar-refractivity contribution >= 4 is 33.7 Å². The van der Waals surface area contributed by atoms with E-state index >= 15 is 0 Å². The molecule has 1 aliphatic carbocycles. The maximum atomic E-state index is 7.69. The molecule has 4 N–H and O–H groups in total. The Morgan fingerprint density at radius 2 is 1.72 bits per heavy atom. The third-order valence-electron chi connectivity index (χ3n) is 6.58. The third kappa shape index (κ3) is 2.89. The topological polar surface area (TPSA) is 91.4 Å². The zero-order valence-electron chi connectivity index (χ0n) is 17.7. The number of fused-ring (bicyclic) bond motifs is 5. The van der Waals surface area contributed by atoms with Crippen LogP contribution in [0.25, 0.3) is 44.3 Å². The molecule has 6 rings (SSSR count). The van der Waals surface area contributed by atoms with Crippen LogP contribution >= 0.6 is 0 Å². The molecule has 0 saturated carbocycles. The Balaban J connectivity index is 1.63. The summed E-state index contributed by atoms with van der Waals surface area (Å²) in [6.07, 6.45) is 9.41. The van der Waals surface area contributed by atoms with Crippen LogP contribution in [-0.4, -0.2) is 21.2 Å². The summed E-state index contributed by atoms with van der Waals surface area (Å²) in [7, 11) is 0. The van der Waals surface area contributed by atoms with Gasteiger partial charge < -0.3 is 16.1 Å². The van der Waals surface area contributed by atoms with E-state index in [4.69, 9.17) is 16.1 Å². The lowest BCUT2D eigenvalue weighted by atomic mass is 9.85. The molecule has 1 aliphatic rings. The molecule has 0 spiro atoms. The van der Waals surface area contributed by atoms with Gasteiger partial charge in [-0.15, -0.1) is 0 Å². The smallest absolute Gasteiger partial charge is 0.0744 e. The largest absolute Gasteiger partial charge is 0.398 e. The lowest BCUT2D eigenvalue weighted by Gasteiger charge is -2.22. The van der Waals surface area contributed by atoms with E-state index in [9.17, 15) is 0 Å². The van der Waals surface area contributed by atoms with Gasteiger partial charge in [-0.2, -0.15) is 0 Å². The van der Waals surface area contributed by atoms with Gasteiger partial charge in [-0.05, 0) is 79.3 Å². The second kappa shape index (κ2) is 7.31. The molecule has 0 saturated heterocycles. The first-order valence-corrected chi connectivity index (χ1v) is 11.0. The highest BCUT2D eigenvalue weighted by Gasteiger charge is 2.21. The Hall–Kier alpha value is -3.99. The number of hydrogen-bond acceptors (Lipinski definition) is 4. The molecule has 2 aromatic carbocycles. The van der Waals surface area contributed by atoms with Crippen molar-refractivity contribution in [2.24, 2.45) is 0 Å². The highest BCUT2D eigenvalue weighted by Crippen LogP contribution is 2.39. The number of aromatic nitrogens is 3. The second-order valence-electron chi connectivity index (χ2n) is 8.45. The van der Waals surface area contributed by atoms with Crippen LogP contribution in [0.3, 0.4) is 0 Å². The molecular weight excluding hydrogens is 394 g/mol. The minimum atomic E-state index is 0.621. The first kappa shape index (κ1) is 18.8. The van der Waals surface area contributed by atoms with Crippen molar-refractivity contribution in [3.05, 3.63) is 77.6 Å². The van der Waals surface area contributed by atoms with Crippen molar-refractivity contribution in [1.29, 1.82) is 5.41 Å². The molecule has 0 aliphatic heterocycles. The summed E-state index contributed by atoms with van der Waals surface area (Å²) in [5.41, 5.74) is 16.6. The van der Waals surface area contributed by atoms with Crippen molar-refractivity contribution in [2.75, 3.05) is 5.73 Å². The Labute approximate surface area is 185 Å². The standard InChI is InChI=1S/C27H23N5/c28-15-18-13-17(5-6-22(18)29)27-20-4-2-1-3-19(20)26-21-14-25(16-9-11-30-12-10-16)31-23(21)7-8-24(26)32-27/h5-15,28,31H,1-4,29H2. The maximum Gasteiger partial charge on any atom is 0.0744 e. The summed E-state index contributed by atoms with van der Waals surface area (Å²) in [6.45, 7) is 0. The van der Waals surface area contributed by atoms with Gasteiger partial charge in [-0.3, -0.25) is 4.98 Å². The van der Waals surface area contributed by atoms with Crippen molar-refractivity contribution < 1.29 is 0 Å². The average Bonchev–Trinajstić information content (AvgIpc) is 3.29. The minimum absolute atomic E-state index is 0.621. The number of anilines is 1. The molecule has 5 nitrogen and oxygen atoms in total. The van der Waals surface area contributed by atoms with Crippen LogP contribution in [0.2, 0.25) is 0 Å². The molecule has 0 atom stereocenters. The van der Waals surface area contributed by atoms with Crippen LogP contribution in [0.15, 0.2) is 60.9 Å². The van der Waals surface area contributed by atoms with E-state index in [1.807, 2.05) is 42.7 Å². The quantitative estimate of drug-likeness (QED) is 0.252. The molecular formula is C27H23N5. The molecule has 5 aromatic rings. The predicted octanol–water partition coefficient (Wildman–Crippen LogP) is 5.90. The summed E-state index contributed by atoms with van der Waals surface area (Å²) in [6, 6.07) is 16.5. The van der Waals surface area contributed by atoms with Crippen molar-refractivity contribution in [1.82, 2.24) is 15.0 Å². The number of nitrogen functional groups attached to an aromatic ring is 1. The molecule has 32 heavy (non-hydrogen) atoms. The Bertz CT molecular complexity index is 1500. The number of aryl methyl sites for hydroxylation is 1. The Morgan fingerprint density at radius 3 is 2.53 bits per heavy atom. The van der Waals surface area contributed by atoms with Crippen LogP contribution in [0, 0.1) is 5.41 Å². The molecule has 3 aromatic heterocycles. The van der Waals surface area contributed by atoms with Crippen LogP contribution in [0.4, 0.5) is 5.69 Å². The van der Waals surface area contributed by atoms with Gasteiger partial charge in [0.25, 0.3) is 0 Å². The van der Waals surface area contributed by atoms with Crippen LogP contribution in [-0.2, 0) is 12.8 Å². The monoisotopic (exact) mass is 417 g/mol. The molecule has 156 valence electrons. The van der Waals surface area contributed by atoms with E-state index < -0.39 is 0 Å². The number of hydrogen-bond donors (Lipinski definition) is 3. The molecule has 3 heterocycles. The number of pyridine rings is 2. The van der Waals surface area contributed by atoms with Crippen molar-refractivity contribution in [2.45, 2.75) is 25.7 Å². The van der Waals surface area contributed by atoms with Gasteiger partial charge in [0.1, 0.15) is 0 Å². The lowest BCUT2D eigenvalue weighted by Crippen LogP contribution is -2.08. The van der Waals surface area contributed by atoms with Gasteiger partial charge >= 0.3 is 0 Å². The van der Waals surface area contributed by atoms with Crippen LogP contribution in [0.5, 0.6) is 0 Å². The fourth-order valence-corrected chi connectivity index (χ4v) is 5.01. The number of nitrogens with two attached hydrogens (primary N) is 1. The predicted molar refractivity (Wildman–Crippen MR) is 131 cm³/mol. The van der Waals surface area contributed by atoms with E-state index in [1.54, 1.807) is 0 Å². The molecule has 0 fully saturated rings. The van der Waals surface area contributed by atoms with E-state index in [0.29, 0.717) is 5.69 Å². The Morgan fingerprint density at radius 1 is 0.906 bits per heavy atom. The van der Waals surface area contributed by atoms with E-state index in [-0.39, 0.29) is 0 Å². The summed E-state index contributed by atoms with van der Waals surface area (Å²) < 4.78 is 0. The fourth-order valence-electron chi connectivity index (χ4n) is 5.01. The highest BCUT2D eigenvalue weighted by atomic mass is 14.7. The number of benzene rings is 2. The van der Waals surface area contributed by atoms with Gasteiger partial charge in [-0.1, -0.05) is 6.07 Å². The zero-order chi connectivity index (χ0) is 21.7. The molecule has 0 unspecified atom stereocenters. The summed E-state index contributed by atoms with van der Waals surface area (Å²) >= 11 is 0. The number of H-pyrrole nitrogens is 1. The Kier molecular flexibility index (Phi) is 4.28. The normalized spacial score (nSPS) is 13.4. The first-order valence-electron chi connectivity index (χ1n) is 11.0. The van der Waals surface area contributed by atoms with Gasteiger partial charge in [-0.25, -0.2) is 4.98 Å². The minimum Gasteiger partial charge on any atom is -0.398 e. The average molecular weight is 418 g/mol. The maximum absolute atomic E-state index is 7.69. The van der Waals surface area contributed by atoms with E-state index in [2.05, 4.69) is 28.2 Å². The summed E-state index contributed by atoms with van der Waals surface area (Å²) in [5, 5.41) is 10.2. The van der Waals surface area contributed by atoms with Gasteiger partial charge in [0.05, 0.1) is 11.2 Å². The van der Waals surface area contributed by atoms with Gasteiger partial charge in [0, 0.05) is 63.0 Å². The van der Waals surface area contributed by atoms with E-state index in [1.165, 1.54) is 41.0 Å². The van der Waals surface area contributed by atoms with Gasteiger partial charge in [0.15, 0.2) is 0 Å². The number of nitrogens with one attached hydrogen (secondary N) is 2. The van der Waals surface area contributed by atoms with Crippen LogP contribution < -0.4 is 5.73 Å². The molecule has 0 bridgehead atoms. The summed E-state index contributed by atoms with van der Waals surface area (Å²) in [4.78, 5) is 12.9. The van der Waals surface area contributed by atoms with Gasteiger partial charge in [0.2, 0.25) is 0 Å². The van der Waals surface area contributed by atoms with E-state index in [0.717, 1.165) is 52.0 Å².